The van der Waals surface area contributed by atoms with Crippen molar-refractivity contribution in [1.82, 2.24) is 14.5 Å². The zero-order valence-corrected chi connectivity index (χ0v) is 14.2. The average Bonchev–Trinajstić information content (AvgIpc) is 3.12. The molecular formula is C19H19N3OS. The molecule has 0 radical (unpaired) electrons. The van der Waals surface area contributed by atoms with Gasteiger partial charge >= 0.3 is 0 Å². The fourth-order valence-electron chi connectivity index (χ4n) is 2.86. The summed E-state index contributed by atoms with van der Waals surface area (Å²) in [7, 11) is 0. The zero-order chi connectivity index (χ0) is 16.4. The van der Waals surface area contributed by atoms with Gasteiger partial charge in [-0.15, -0.1) is 11.3 Å². The van der Waals surface area contributed by atoms with Crippen LogP contribution in [0.2, 0.25) is 0 Å². The molecule has 1 fully saturated rings. The molecule has 0 unspecified atom stereocenters. The molecule has 24 heavy (non-hydrogen) atoms. The van der Waals surface area contributed by atoms with Gasteiger partial charge in [-0.3, -0.25) is 4.79 Å². The Bertz CT molecular complexity index is 806. The van der Waals surface area contributed by atoms with E-state index in [0.29, 0.717) is 12.6 Å². The maximum Gasteiger partial charge on any atom is 0.264 e. The first kappa shape index (κ1) is 15.1. The van der Waals surface area contributed by atoms with Gasteiger partial charge in [0, 0.05) is 25.0 Å². The Hall–Kier alpha value is -2.40. The number of aromatic nitrogens is 2. The maximum atomic E-state index is 12.8. The van der Waals surface area contributed by atoms with E-state index >= 15 is 0 Å². The van der Waals surface area contributed by atoms with Gasteiger partial charge in [0.15, 0.2) is 0 Å². The minimum absolute atomic E-state index is 0.127. The Kier molecular flexibility index (Phi) is 4.17. The van der Waals surface area contributed by atoms with Crippen LogP contribution >= 0.6 is 11.3 Å². The lowest BCUT2D eigenvalue weighted by molar-refractivity contribution is 0.0728. The quantitative estimate of drug-likeness (QED) is 0.686. The van der Waals surface area contributed by atoms with E-state index in [2.05, 4.69) is 21.7 Å². The largest absolute Gasteiger partial charge is 0.329 e. The van der Waals surface area contributed by atoms with Gasteiger partial charge in [0.2, 0.25) is 0 Å². The number of hydrogen-bond donors (Lipinski definition) is 0. The molecule has 122 valence electrons. The summed E-state index contributed by atoms with van der Waals surface area (Å²) in [5, 5.41) is 1.95. The topological polar surface area (TPSA) is 38.1 Å². The molecule has 1 aliphatic carbocycles. The average molecular weight is 337 g/mol. The highest BCUT2D eigenvalue weighted by atomic mass is 32.1. The smallest absolute Gasteiger partial charge is 0.264 e. The monoisotopic (exact) mass is 337 g/mol. The number of rotatable bonds is 6. The highest BCUT2D eigenvalue weighted by Crippen LogP contribution is 2.30. The molecule has 5 heteroatoms. The van der Waals surface area contributed by atoms with Crippen LogP contribution in [0.15, 0.2) is 60.2 Å². The zero-order valence-electron chi connectivity index (χ0n) is 13.3. The standard InChI is InChI=1S/C19H19N3OS/c23-19(17-7-4-12-24-17)22(16-8-9-16)14-18-20-10-11-21(18)13-15-5-2-1-3-6-15/h1-7,10-12,16H,8-9,13-14H2. The summed E-state index contributed by atoms with van der Waals surface area (Å²) in [5.74, 6) is 1.07. The van der Waals surface area contributed by atoms with E-state index < -0.39 is 0 Å². The first-order valence-corrected chi connectivity index (χ1v) is 9.07. The number of thiophene rings is 1. The van der Waals surface area contributed by atoms with Crippen molar-refractivity contribution in [3.05, 3.63) is 76.5 Å². The molecule has 2 heterocycles. The van der Waals surface area contributed by atoms with Crippen molar-refractivity contribution in [2.24, 2.45) is 0 Å². The molecular weight excluding hydrogens is 318 g/mol. The molecule has 0 N–H and O–H groups in total. The molecule has 0 atom stereocenters. The van der Waals surface area contributed by atoms with E-state index in [-0.39, 0.29) is 5.91 Å². The van der Waals surface area contributed by atoms with Gasteiger partial charge in [0.1, 0.15) is 5.82 Å². The second-order valence-electron chi connectivity index (χ2n) is 6.10. The van der Waals surface area contributed by atoms with E-state index in [9.17, 15) is 4.79 Å². The lowest BCUT2D eigenvalue weighted by atomic mass is 10.2. The van der Waals surface area contributed by atoms with Crippen molar-refractivity contribution in [3.8, 4) is 0 Å². The Balaban J connectivity index is 1.53. The van der Waals surface area contributed by atoms with Crippen LogP contribution in [0, 0.1) is 0 Å². The third-order valence-corrected chi connectivity index (χ3v) is 5.15. The molecule has 3 aromatic rings. The fourth-order valence-corrected chi connectivity index (χ4v) is 3.54. The second kappa shape index (κ2) is 6.61. The van der Waals surface area contributed by atoms with Crippen LogP contribution in [0.25, 0.3) is 0 Å². The molecule has 0 saturated heterocycles. The van der Waals surface area contributed by atoms with Gasteiger partial charge in [-0.2, -0.15) is 0 Å². The summed E-state index contributed by atoms with van der Waals surface area (Å²) < 4.78 is 2.13. The van der Waals surface area contributed by atoms with E-state index in [1.807, 2.05) is 53.0 Å². The first-order chi connectivity index (χ1) is 11.8. The summed E-state index contributed by atoms with van der Waals surface area (Å²) in [6.45, 7) is 1.35. The highest BCUT2D eigenvalue weighted by Gasteiger charge is 2.34. The number of amides is 1. The number of benzene rings is 1. The number of nitrogens with zero attached hydrogens (tertiary/aromatic N) is 3. The number of carbonyl (C=O) groups is 1. The minimum Gasteiger partial charge on any atom is -0.329 e. The Morgan fingerprint density at radius 1 is 1.21 bits per heavy atom. The van der Waals surface area contributed by atoms with Crippen molar-refractivity contribution >= 4 is 17.2 Å². The van der Waals surface area contributed by atoms with E-state index in [1.165, 1.54) is 16.9 Å². The first-order valence-electron chi connectivity index (χ1n) is 8.19. The Morgan fingerprint density at radius 3 is 2.75 bits per heavy atom. The molecule has 1 aromatic carbocycles. The molecule has 4 nitrogen and oxygen atoms in total. The fraction of sp³-hybridized carbons (Fsp3) is 0.263. The Morgan fingerprint density at radius 2 is 2.04 bits per heavy atom. The van der Waals surface area contributed by atoms with Crippen LogP contribution in [0.1, 0.15) is 33.9 Å². The van der Waals surface area contributed by atoms with E-state index in [1.54, 1.807) is 0 Å². The molecule has 0 spiro atoms. The van der Waals surface area contributed by atoms with Crippen LogP contribution in [0.5, 0.6) is 0 Å². The van der Waals surface area contributed by atoms with Crippen LogP contribution in [-0.4, -0.2) is 26.4 Å². The predicted molar refractivity (Wildman–Crippen MR) is 95.0 cm³/mol. The summed E-state index contributed by atoms with van der Waals surface area (Å²) in [6.07, 6.45) is 6.00. The van der Waals surface area contributed by atoms with E-state index in [0.717, 1.165) is 30.1 Å². The van der Waals surface area contributed by atoms with E-state index in [4.69, 9.17) is 0 Å². The van der Waals surface area contributed by atoms with Crippen LogP contribution in [0.3, 0.4) is 0 Å². The molecule has 1 amide bonds. The van der Waals surface area contributed by atoms with Gasteiger partial charge in [-0.1, -0.05) is 36.4 Å². The summed E-state index contributed by atoms with van der Waals surface area (Å²) in [6, 6.07) is 14.5. The van der Waals surface area contributed by atoms with Crippen LogP contribution < -0.4 is 0 Å². The van der Waals surface area contributed by atoms with Gasteiger partial charge in [0.25, 0.3) is 5.91 Å². The number of hydrogen-bond acceptors (Lipinski definition) is 3. The van der Waals surface area contributed by atoms with Crippen molar-refractivity contribution in [2.75, 3.05) is 0 Å². The van der Waals surface area contributed by atoms with Gasteiger partial charge in [-0.05, 0) is 29.9 Å². The predicted octanol–water partition coefficient (Wildman–Crippen LogP) is 3.80. The van der Waals surface area contributed by atoms with Gasteiger partial charge < -0.3 is 9.47 Å². The molecule has 1 aliphatic rings. The van der Waals surface area contributed by atoms with Crippen molar-refractivity contribution in [3.63, 3.8) is 0 Å². The molecule has 2 aromatic heterocycles. The molecule has 1 saturated carbocycles. The lowest BCUT2D eigenvalue weighted by Crippen LogP contribution is -2.33. The second-order valence-corrected chi connectivity index (χ2v) is 7.05. The highest BCUT2D eigenvalue weighted by molar-refractivity contribution is 7.12. The van der Waals surface area contributed by atoms with Crippen LogP contribution in [0.4, 0.5) is 0 Å². The van der Waals surface area contributed by atoms with Crippen LogP contribution in [-0.2, 0) is 13.1 Å². The summed E-state index contributed by atoms with van der Waals surface area (Å²) >= 11 is 1.51. The van der Waals surface area contributed by atoms with Gasteiger partial charge in [-0.25, -0.2) is 4.98 Å². The molecule has 4 rings (SSSR count). The number of imidazole rings is 1. The number of carbonyl (C=O) groups excluding carboxylic acids is 1. The Labute approximate surface area is 145 Å². The van der Waals surface area contributed by atoms with Crippen molar-refractivity contribution in [1.29, 1.82) is 0 Å². The third kappa shape index (κ3) is 3.26. The third-order valence-electron chi connectivity index (χ3n) is 4.29. The SMILES string of the molecule is O=C(c1cccs1)N(Cc1nccn1Cc1ccccc1)C1CC1. The molecule has 0 bridgehead atoms. The molecule has 0 aliphatic heterocycles. The van der Waals surface area contributed by atoms with Crippen molar-refractivity contribution in [2.45, 2.75) is 32.0 Å². The maximum absolute atomic E-state index is 12.8. The minimum atomic E-state index is 0.127. The summed E-state index contributed by atoms with van der Waals surface area (Å²) in [5.41, 5.74) is 1.24. The summed E-state index contributed by atoms with van der Waals surface area (Å²) in [4.78, 5) is 20.1. The lowest BCUT2D eigenvalue weighted by Gasteiger charge is -2.22. The van der Waals surface area contributed by atoms with Crippen molar-refractivity contribution < 1.29 is 4.79 Å². The van der Waals surface area contributed by atoms with Gasteiger partial charge in [0.05, 0.1) is 11.4 Å². The normalized spacial score (nSPS) is 13.8.